The first-order chi connectivity index (χ1) is 12.3. The zero-order valence-corrected chi connectivity index (χ0v) is 16.9. The van der Waals surface area contributed by atoms with Gasteiger partial charge in [-0.2, -0.15) is 4.31 Å². The molecule has 0 unspecified atom stereocenters. The van der Waals surface area contributed by atoms with Crippen LogP contribution in [0, 0.1) is 5.92 Å². The Morgan fingerprint density at radius 1 is 0.846 bits per heavy atom. The van der Waals surface area contributed by atoms with Crippen molar-refractivity contribution in [1.29, 1.82) is 0 Å². The molecule has 26 heavy (non-hydrogen) atoms. The van der Waals surface area contributed by atoms with Crippen LogP contribution in [0.5, 0.6) is 0 Å². The van der Waals surface area contributed by atoms with Crippen LogP contribution in [0.25, 0.3) is 0 Å². The first-order valence-corrected chi connectivity index (χ1v) is 12.4. The van der Waals surface area contributed by atoms with Crippen molar-refractivity contribution < 1.29 is 16.8 Å². The van der Waals surface area contributed by atoms with Crippen LogP contribution in [-0.2, 0) is 20.0 Å². The predicted octanol–water partition coefficient (Wildman–Crippen LogP) is 2.72. The van der Waals surface area contributed by atoms with Gasteiger partial charge in [0, 0.05) is 19.1 Å². The summed E-state index contributed by atoms with van der Waals surface area (Å²) in [5, 5.41) is 0. The van der Waals surface area contributed by atoms with Crippen molar-refractivity contribution >= 4 is 20.0 Å². The first kappa shape index (κ1) is 19.8. The Labute approximate surface area is 157 Å². The third-order valence-corrected chi connectivity index (χ3v) is 8.92. The molecule has 2 atom stereocenters. The molecule has 6 nitrogen and oxygen atoms in total. The van der Waals surface area contributed by atoms with Gasteiger partial charge in [0.2, 0.25) is 20.0 Å². The minimum Gasteiger partial charge on any atom is -0.208 e. The molecular weight excluding hydrogens is 372 g/mol. The molecule has 0 aromatic heterocycles. The number of piperidine rings is 1. The maximum atomic E-state index is 12.7. The van der Waals surface area contributed by atoms with Gasteiger partial charge in [0.05, 0.1) is 9.79 Å². The summed E-state index contributed by atoms with van der Waals surface area (Å²) in [6.07, 6.45) is 6.84. The highest BCUT2D eigenvalue weighted by molar-refractivity contribution is 7.89. The maximum Gasteiger partial charge on any atom is 0.243 e. The first-order valence-electron chi connectivity index (χ1n) is 9.43. The fraction of sp³-hybridized carbons (Fsp3) is 0.667. The number of hydrogen-bond acceptors (Lipinski definition) is 4. The van der Waals surface area contributed by atoms with Crippen molar-refractivity contribution in [2.75, 3.05) is 13.1 Å². The fourth-order valence-electron chi connectivity index (χ4n) is 3.80. The molecule has 3 rings (SSSR count). The van der Waals surface area contributed by atoms with Crippen LogP contribution in [0.1, 0.15) is 51.9 Å². The summed E-state index contributed by atoms with van der Waals surface area (Å²) < 4.78 is 54.9. The van der Waals surface area contributed by atoms with Gasteiger partial charge in [0.15, 0.2) is 0 Å². The summed E-state index contributed by atoms with van der Waals surface area (Å²) in [5.74, 6) is 0.317. The highest BCUT2D eigenvalue weighted by atomic mass is 32.2. The van der Waals surface area contributed by atoms with Crippen molar-refractivity contribution in [3.8, 4) is 0 Å². The van der Waals surface area contributed by atoms with Crippen LogP contribution in [0.3, 0.4) is 0 Å². The number of hydrogen-bond donors (Lipinski definition) is 1. The third kappa shape index (κ3) is 4.30. The van der Waals surface area contributed by atoms with Crippen LogP contribution in [-0.4, -0.2) is 40.3 Å². The second-order valence-electron chi connectivity index (χ2n) is 7.43. The lowest BCUT2D eigenvalue weighted by molar-refractivity contribution is 0.310. The summed E-state index contributed by atoms with van der Waals surface area (Å²) in [6.45, 7) is 3.13. The second kappa shape index (κ2) is 7.96. The number of sulfonamides is 2. The molecule has 0 radical (unpaired) electrons. The monoisotopic (exact) mass is 400 g/mol. The molecule has 1 aliphatic heterocycles. The quantitative estimate of drug-likeness (QED) is 0.824. The van der Waals surface area contributed by atoms with Gasteiger partial charge in [0.1, 0.15) is 0 Å². The van der Waals surface area contributed by atoms with Crippen LogP contribution in [0.4, 0.5) is 0 Å². The van der Waals surface area contributed by atoms with Gasteiger partial charge >= 0.3 is 0 Å². The number of benzene rings is 1. The van der Waals surface area contributed by atoms with E-state index in [-0.39, 0.29) is 15.8 Å². The maximum absolute atomic E-state index is 12.7. The average molecular weight is 401 g/mol. The lowest BCUT2D eigenvalue weighted by atomic mass is 9.87. The van der Waals surface area contributed by atoms with Crippen LogP contribution < -0.4 is 4.72 Å². The van der Waals surface area contributed by atoms with E-state index in [2.05, 4.69) is 11.6 Å². The minimum absolute atomic E-state index is 0.0505. The van der Waals surface area contributed by atoms with Gasteiger partial charge in [-0.15, -0.1) is 0 Å². The van der Waals surface area contributed by atoms with E-state index in [4.69, 9.17) is 0 Å². The molecule has 1 N–H and O–H groups in total. The average Bonchev–Trinajstić information content (AvgIpc) is 2.64. The Kier molecular flexibility index (Phi) is 6.06. The van der Waals surface area contributed by atoms with Crippen molar-refractivity contribution in [3.05, 3.63) is 24.3 Å². The Bertz CT molecular complexity index is 813. The van der Waals surface area contributed by atoms with Crippen molar-refractivity contribution in [2.24, 2.45) is 5.92 Å². The molecule has 1 aliphatic carbocycles. The molecule has 8 heteroatoms. The molecule has 1 saturated carbocycles. The zero-order valence-electron chi connectivity index (χ0n) is 15.2. The lowest BCUT2D eigenvalue weighted by Crippen LogP contribution is -2.41. The summed E-state index contributed by atoms with van der Waals surface area (Å²) in [4.78, 5) is 0.275. The summed E-state index contributed by atoms with van der Waals surface area (Å²) in [5.41, 5.74) is 0. The SMILES string of the molecule is C[C@@H]1CCCC[C@@H]1NS(=O)(=O)c1ccc(S(=O)(=O)N2CCCCC2)cc1. The van der Waals surface area contributed by atoms with Crippen molar-refractivity contribution in [3.63, 3.8) is 0 Å². The molecule has 1 heterocycles. The Morgan fingerprint density at radius 3 is 2.04 bits per heavy atom. The standard InChI is InChI=1S/C18H28N2O4S2/c1-15-7-3-4-8-18(15)19-25(21,22)16-9-11-17(12-10-16)26(23,24)20-13-5-2-6-14-20/h9-12,15,18-19H,2-8,13-14H2,1H3/t15-,18+/m1/s1. The largest absolute Gasteiger partial charge is 0.243 e. The lowest BCUT2D eigenvalue weighted by Gasteiger charge is -2.29. The highest BCUT2D eigenvalue weighted by Crippen LogP contribution is 2.26. The van der Waals surface area contributed by atoms with Crippen LogP contribution in [0.15, 0.2) is 34.1 Å². The smallest absolute Gasteiger partial charge is 0.208 e. The molecule has 2 aliphatic rings. The van der Waals surface area contributed by atoms with Gasteiger partial charge < -0.3 is 0 Å². The zero-order chi connectivity index (χ0) is 18.8. The third-order valence-electron chi connectivity index (χ3n) is 5.50. The molecule has 1 saturated heterocycles. The molecule has 0 spiro atoms. The van der Waals surface area contributed by atoms with E-state index >= 15 is 0 Å². The van der Waals surface area contributed by atoms with Gasteiger partial charge in [-0.1, -0.05) is 26.2 Å². The Hall–Kier alpha value is -0.960. The molecule has 1 aromatic rings. The van der Waals surface area contributed by atoms with Crippen molar-refractivity contribution in [2.45, 2.75) is 67.7 Å². The normalized spacial score (nSPS) is 25.9. The summed E-state index contributed by atoms with van der Waals surface area (Å²) in [6, 6.07) is 5.55. The summed E-state index contributed by atoms with van der Waals surface area (Å²) >= 11 is 0. The van der Waals surface area contributed by atoms with Gasteiger partial charge in [0.25, 0.3) is 0 Å². The fourth-order valence-corrected chi connectivity index (χ4v) is 6.70. The second-order valence-corrected chi connectivity index (χ2v) is 11.1. The molecule has 146 valence electrons. The van der Waals surface area contributed by atoms with Crippen molar-refractivity contribution in [1.82, 2.24) is 9.03 Å². The predicted molar refractivity (Wildman–Crippen MR) is 101 cm³/mol. The van der Waals surface area contributed by atoms with E-state index in [1.165, 1.54) is 28.6 Å². The van der Waals surface area contributed by atoms with Crippen LogP contribution in [0.2, 0.25) is 0 Å². The summed E-state index contributed by atoms with van der Waals surface area (Å²) in [7, 11) is -7.18. The Morgan fingerprint density at radius 2 is 1.42 bits per heavy atom. The van der Waals surface area contributed by atoms with Crippen LogP contribution >= 0.6 is 0 Å². The number of rotatable bonds is 5. The van der Waals surface area contributed by atoms with E-state index < -0.39 is 20.0 Å². The molecule has 2 fully saturated rings. The van der Waals surface area contributed by atoms with E-state index in [1.807, 2.05) is 0 Å². The molecule has 0 bridgehead atoms. The highest BCUT2D eigenvalue weighted by Gasteiger charge is 2.28. The van der Waals surface area contributed by atoms with Gasteiger partial charge in [-0.3, -0.25) is 0 Å². The van der Waals surface area contributed by atoms with E-state index in [1.54, 1.807) is 0 Å². The number of nitrogens with zero attached hydrogens (tertiary/aromatic N) is 1. The van der Waals surface area contributed by atoms with Gasteiger partial charge in [-0.05, 0) is 55.9 Å². The Balaban J connectivity index is 1.76. The minimum atomic E-state index is -3.64. The van der Waals surface area contributed by atoms with E-state index in [0.717, 1.165) is 44.9 Å². The van der Waals surface area contributed by atoms with E-state index in [9.17, 15) is 16.8 Å². The topological polar surface area (TPSA) is 83.5 Å². The van der Waals surface area contributed by atoms with E-state index in [0.29, 0.717) is 19.0 Å². The molecular formula is C18H28N2O4S2. The molecule has 0 amide bonds. The number of nitrogens with one attached hydrogen (secondary N) is 1. The van der Waals surface area contributed by atoms with Gasteiger partial charge in [-0.25, -0.2) is 21.6 Å². The molecule has 1 aromatic carbocycles.